The average Bonchev–Trinajstić information content (AvgIpc) is 2.45. The van der Waals surface area contributed by atoms with Crippen molar-refractivity contribution in [3.8, 4) is 0 Å². The summed E-state index contributed by atoms with van der Waals surface area (Å²) in [6.45, 7) is 4.80. The van der Waals surface area contributed by atoms with Gasteiger partial charge in [0.05, 0.1) is 6.54 Å². The van der Waals surface area contributed by atoms with E-state index in [1.165, 1.54) is 11.1 Å². The highest BCUT2D eigenvalue weighted by atomic mass is 15.1. The fraction of sp³-hybridized carbons (Fsp3) is 0.235. The van der Waals surface area contributed by atoms with Crippen LogP contribution in [0.15, 0.2) is 53.5 Å². The minimum Gasteiger partial charge on any atom is -0.370 e. The van der Waals surface area contributed by atoms with Crippen molar-refractivity contribution >= 4 is 11.6 Å². The Morgan fingerprint density at radius 2 is 1.85 bits per heavy atom. The number of rotatable bonds is 4. The second-order valence-electron chi connectivity index (χ2n) is 4.87. The van der Waals surface area contributed by atoms with E-state index >= 15 is 0 Å². The van der Waals surface area contributed by atoms with E-state index in [9.17, 15) is 0 Å². The Morgan fingerprint density at radius 1 is 1.10 bits per heavy atom. The number of anilines is 1. The summed E-state index contributed by atoms with van der Waals surface area (Å²) in [5, 5.41) is 3.13. The Kier molecular flexibility index (Phi) is 4.77. The van der Waals surface area contributed by atoms with E-state index in [1.54, 1.807) is 0 Å². The largest absolute Gasteiger partial charge is 0.370 e. The number of aliphatic imine (C=N–C) groups is 1. The molecule has 3 heteroatoms. The molecule has 2 aromatic rings. The molecule has 0 unspecified atom stereocenters. The summed E-state index contributed by atoms with van der Waals surface area (Å²) in [6.07, 6.45) is 1.01. The number of nitrogens with one attached hydrogen (secondary N) is 1. The van der Waals surface area contributed by atoms with Gasteiger partial charge in [-0.1, -0.05) is 48.9 Å². The molecule has 0 heterocycles. The number of nitrogens with two attached hydrogens (primary N) is 1. The average molecular weight is 267 g/mol. The smallest absolute Gasteiger partial charge is 0.193 e. The zero-order chi connectivity index (χ0) is 14.4. The van der Waals surface area contributed by atoms with E-state index in [0.29, 0.717) is 12.5 Å². The van der Waals surface area contributed by atoms with Gasteiger partial charge in [0, 0.05) is 5.69 Å². The quantitative estimate of drug-likeness (QED) is 0.658. The summed E-state index contributed by atoms with van der Waals surface area (Å²) < 4.78 is 0. The number of nitrogens with zero attached hydrogens (tertiary/aromatic N) is 1. The van der Waals surface area contributed by atoms with Gasteiger partial charge in [0.2, 0.25) is 0 Å². The summed E-state index contributed by atoms with van der Waals surface area (Å²) in [5.74, 6) is 0.444. The van der Waals surface area contributed by atoms with Crippen LogP contribution in [0.1, 0.15) is 23.6 Å². The molecule has 0 aromatic heterocycles. The Hall–Kier alpha value is -2.29. The van der Waals surface area contributed by atoms with E-state index in [1.807, 2.05) is 18.2 Å². The van der Waals surface area contributed by atoms with Gasteiger partial charge in [0.25, 0.3) is 0 Å². The predicted molar refractivity (Wildman–Crippen MR) is 85.9 cm³/mol. The van der Waals surface area contributed by atoms with Crippen LogP contribution < -0.4 is 11.1 Å². The molecule has 2 rings (SSSR count). The van der Waals surface area contributed by atoms with Crippen molar-refractivity contribution in [2.45, 2.75) is 26.8 Å². The summed E-state index contributed by atoms with van der Waals surface area (Å²) in [6, 6.07) is 16.5. The minimum absolute atomic E-state index is 0.444. The van der Waals surface area contributed by atoms with Crippen LogP contribution in [0.5, 0.6) is 0 Å². The topological polar surface area (TPSA) is 50.4 Å². The van der Waals surface area contributed by atoms with E-state index in [4.69, 9.17) is 5.73 Å². The van der Waals surface area contributed by atoms with Gasteiger partial charge in [-0.15, -0.1) is 0 Å². The van der Waals surface area contributed by atoms with Crippen LogP contribution >= 0.6 is 0 Å². The number of hydrogen-bond acceptors (Lipinski definition) is 1. The van der Waals surface area contributed by atoms with Crippen molar-refractivity contribution < 1.29 is 0 Å². The lowest BCUT2D eigenvalue weighted by Gasteiger charge is -2.07. The molecular formula is C17H21N3. The van der Waals surface area contributed by atoms with Crippen LogP contribution in [0.4, 0.5) is 5.69 Å². The second-order valence-corrected chi connectivity index (χ2v) is 4.87. The normalized spacial score (nSPS) is 11.4. The third-order valence-corrected chi connectivity index (χ3v) is 3.12. The third-order valence-electron chi connectivity index (χ3n) is 3.12. The minimum atomic E-state index is 0.444. The van der Waals surface area contributed by atoms with Gasteiger partial charge in [0.1, 0.15) is 0 Å². The maximum absolute atomic E-state index is 5.92. The van der Waals surface area contributed by atoms with Crippen LogP contribution in [0.25, 0.3) is 0 Å². The van der Waals surface area contributed by atoms with Crippen molar-refractivity contribution in [1.29, 1.82) is 0 Å². The Morgan fingerprint density at radius 3 is 2.60 bits per heavy atom. The lowest BCUT2D eigenvalue weighted by atomic mass is 10.1. The highest BCUT2D eigenvalue weighted by Crippen LogP contribution is 2.11. The summed E-state index contributed by atoms with van der Waals surface area (Å²) >= 11 is 0. The molecule has 0 bridgehead atoms. The second kappa shape index (κ2) is 6.75. The molecule has 20 heavy (non-hydrogen) atoms. The summed E-state index contributed by atoms with van der Waals surface area (Å²) in [4.78, 5) is 4.37. The number of guanidine groups is 1. The van der Waals surface area contributed by atoms with Gasteiger partial charge in [-0.25, -0.2) is 4.99 Å². The van der Waals surface area contributed by atoms with Crippen LogP contribution in [0, 0.1) is 6.92 Å². The zero-order valence-corrected chi connectivity index (χ0v) is 12.1. The van der Waals surface area contributed by atoms with Gasteiger partial charge in [-0.3, -0.25) is 0 Å². The standard InChI is InChI=1S/C17H21N3/c1-3-14-7-5-9-16(11-14)20-17(18)19-12-15-8-4-6-13(2)10-15/h4-11H,3,12H2,1-2H3,(H3,18,19,20). The van der Waals surface area contributed by atoms with E-state index in [2.05, 4.69) is 54.5 Å². The first kappa shape index (κ1) is 14.1. The fourth-order valence-electron chi connectivity index (χ4n) is 2.04. The van der Waals surface area contributed by atoms with Crippen molar-refractivity contribution in [2.75, 3.05) is 5.32 Å². The first-order valence-electron chi connectivity index (χ1n) is 6.89. The molecule has 0 fully saturated rings. The van der Waals surface area contributed by atoms with E-state index in [0.717, 1.165) is 17.7 Å². The maximum Gasteiger partial charge on any atom is 0.193 e. The molecule has 0 aliphatic rings. The first-order chi connectivity index (χ1) is 9.67. The lowest BCUT2D eigenvalue weighted by molar-refractivity contribution is 1.05. The highest BCUT2D eigenvalue weighted by molar-refractivity contribution is 5.92. The van der Waals surface area contributed by atoms with E-state index in [-0.39, 0.29) is 0 Å². The predicted octanol–water partition coefficient (Wildman–Crippen LogP) is 3.48. The molecule has 104 valence electrons. The monoisotopic (exact) mass is 267 g/mol. The molecular weight excluding hydrogens is 246 g/mol. The van der Waals surface area contributed by atoms with Crippen LogP contribution in [0.2, 0.25) is 0 Å². The molecule has 0 spiro atoms. The molecule has 0 aliphatic carbocycles. The molecule has 0 saturated carbocycles. The Balaban J connectivity index is 2.00. The molecule has 3 N–H and O–H groups in total. The van der Waals surface area contributed by atoms with Gasteiger partial charge in [-0.2, -0.15) is 0 Å². The molecule has 0 aliphatic heterocycles. The van der Waals surface area contributed by atoms with Crippen molar-refractivity contribution in [1.82, 2.24) is 0 Å². The van der Waals surface area contributed by atoms with Crippen LogP contribution in [-0.4, -0.2) is 5.96 Å². The third kappa shape index (κ3) is 4.12. The van der Waals surface area contributed by atoms with E-state index < -0.39 is 0 Å². The van der Waals surface area contributed by atoms with Gasteiger partial charge >= 0.3 is 0 Å². The number of benzene rings is 2. The number of aryl methyl sites for hydroxylation is 2. The Bertz CT molecular complexity index is 603. The molecule has 0 atom stereocenters. The molecule has 0 radical (unpaired) electrons. The highest BCUT2D eigenvalue weighted by Gasteiger charge is 1.97. The van der Waals surface area contributed by atoms with Gasteiger partial charge in [-0.05, 0) is 36.6 Å². The van der Waals surface area contributed by atoms with Crippen molar-refractivity contribution in [3.05, 3.63) is 65.2 Å². The zero-order valence-electron chi connectivity index (χ0n) is 12.1. The maximum atomic E-state index is 5.92. The Labute approximate surface area is 120 Å². The first-order valence-corrected chi connectivity index (χ1v) is 6.89. The fourth-order valence-corrected chi connectivity index (χ4v) is 2.04. The van der Waals surface area contributed by atoms with Crippen molar-refractivity contribution in [2.24, 2.45) is 10.7 Å². The van der Waals surface area contributed by atoms with Gasteiger partial charge in [0.15, 0.2) is 5.96 Å². The van der Waals surface area contributed by atoms with Crippen LogP contribution in [0.3, 0.4) is 0 Å². The SMILES string of the molecule is CCc1cccc(NC(N)=NCc2cccc(C)c2)c1. The van der Waals surface area contributed by atoms with Crippen molar-refractivity contribution in [3.63, 3.8) is 0 Å². The lowest BCUT2D eigenvalue weighted by Crippen LogP contribution is -2.22. The summed E-state index contributed by atoms with van der Waals surface area (Å²) in [7, 11) is 0. The molecule has 3 nitrogen and oxygen atoms in total. The van der Waals surface area contributed by atoms with Crippen LogP contribution in [-0.2, 0) is 13.0 Å². The van der Waals surface area contributed by atoms with Gasteiger partial charge < -0.3 is 11.1 Å². The molecule has 0 amide bonds. The molecule has 2 aromatic carbocycles. The number of hydrogen-bond donors (Lipinski definition) is 2. The summed E-state index contributed by atoms with van der Waals surface area (Å²) in [5.41, 5.74) is 10.6. The molecule has 0 saturated heterocycles.